The highest BCUT2D eigenvalue weighted by Gasteiger charge is 2.35. The van der Waals surface area contributed by atoms with Gasteiger partial charge in [-0.1, -0.05) is 44.2 Å². The molecule has 0 aliphatic heterocycles. The van der Waals surface area contributed by atoms with E-state index in [2.05, 4.69) is 6.58 Å². The van der Waals surface area contributed by atoms with Gasteiger partial charge in [-0.2, -0.15) is 0 Å². The van der Waals surface area contributed by atoms with Gasteiger partial charge in [-0.15, -0.1) is 0 Å². The Morgan fingerprint density at radius 2 is 1.93 bits per heavy atom. The number of hydrogen-bond donors (Lipinski definition) is 0. The van der Waals surface area contributed by atoms with Gasteiger partial charge in [0.1, 0.15) is 0 Å². The SMILES string of the molecule is C=C(C)/C=C\C(=CC)C(C)C(F)(F)CC. The van der Waals surface area contributed by atoms with Crippen LogP contribution in [0.2, 0.25) is 0 Å². The molecule has 0 saturated heterocycles. The van der Waals surface area contributed by atoms with Crippen LogP contribution in [0.4, 0.5) is 8.78 Å². The average molecular weight is 214 g/mol. The molecule has 0 fully saturated rings. The first-order valence-electron chi connectivity index (χ1n) is 5.22. The first-order valence-corrected chi connectivity index (χ1v) is 5.22. The fourth-order valence-electron chi connectivity index (χ4n) is 1.28. The van der Waals surface area contributed by atoms with Crippen molar-refractivity contribution < 1.29 is 8.78 Å². The quantitative estimate of drug-likeness (QED) is 0.579. The summed E-state index contributed by atoms with van der Waals surface area (Å²) in [6.07, 6.45) is 5.08. The highest BCUT2D eigenvalue weighted by molar-refractivity contribution is 5.27. The van der Waals surface area contributed by atoms with E-state index in [4.69, 9.17) is 0 Å². The van der Waals surface area contributed by atoms with Crippen LogP contribution < -0.4 is 0 Å². The fourth-order valence-corrected chi connectivity index (χ4v) is 1.28. The lowest BCUT2D eigenvalue weighted by Gasteiger charge is -2.23. The van der Waals surface area contributed by atoms with Gasteiger partial charge in [0, 0.05) is 12.3 Å². The standard InChI is InChI=1S/C13H20F2/c1-6-12(9-8-10(3)4)11(5)13(14,15)7-2/h6,8-9,11H,3,7H2,1-2,4-5H3/b9-8-,12-6?. The van der Waals surface area contributed by atoms with E-state index >= 15 is 0 Å². The first kappa shape index (κ1) is 14.1. The van der Waals surface area contributed by atoms with Gasteiger partial charge in [0.05, 0.1) is 0 Å². The molecule has 0 N–H and O–H groups in total. The van der Waals surface area contributed by atoms with Crippen molar-refractivity contribution in [2.24, 2.45) is 5.92 Å². The predicted molar refractivity (Wildman–Crippen MR) is 62.1 cm³/mol. The Bertz CT molecular complexity index is 272. The van der Waals surface area contributed by atoms with Gasteiger partial charge in [-0.3, -0.25) is 0 Å². The van der Waals surface area contributed by atoms with E-state index < -0.39 is 11.8 Å². The van der Waals surface area contributed by atoms with Crippen molar-refractivity contribution in [3.63, 3.8) is 0 Å². The molecule has 0 aromatic rings. The van der Waals surface area contributed by atoms with Crippen LogP contribution in [-0.4, -0.2) is 5.92 Å². The highest BCUT2D eigenvalue weighted by atomic mass is 19.3. The molecule has 0 aromatic heterocycles. The third kappa shape index (κ3) is 4.41. The molecule has 1 atom stereocenters. The lowest BCUT2D eigenvalue weighted by Crippen LogP contribution is -2.26. The van der Waals surface area contributed by atoms with Crippen LogP contribution in [0.15, 0.2) is 36.0 Å². The third-order valence-electron chi connectivity index (χ3n) is 2.50. The van der Waals surface area contributed by atoms with E-state index in [1.807, 2.05) is 6.92 Å². The van der Waals surface area contributed by atoms with E-state index in [1.165, 1.54) is 6.92 Å². The molecule has 0 aliphatic carbocycles. The zero-order valence-corrected chi connectivity index (χ0v) is 9.98. The molecule has 15 heavy (non-hydrogen) atoms. The van der Waals surface area contributed by atoms with Gasteiger partial charge in [-0.05, 0) is 19.4 Å². The topological polar surface area (TPSA) is 0 Å². The third-order valence-corrected chi connectivity index (χ3v) is 2.50. The van der Waals surface area contributed by atoms with Gasteiger partial charge in [0.25, 0.3) is 5.92 Å². The average Bonchev–Trinajstić information content (AvgIpc) is 2.18. The molecular weight excluding hydrogens is 194 g/mol. The van der Waals surface area contributed by atoms with Crippen molar-refractivity contribution >= 4 is 0 Å². The molecule has 0 aromatic carbocycles. The molecule has 2 heteroatoms. The summed E-state index contributed by atoms with van der Waals surface area (Å²) in [7, 11) is 0. The second kappa shape index (κ2) is 5.84. The Morgan fingerprint density at radius 1 is 1.40 bits per heavy atom. The highest BCUT2D eigenvalue weighted by Crippen LogP contribution is 2.33. The number of rotatable bonds is 5. The van der Waals surface area contributed by atoms with E-state index in [9.17, 15) is 8.78 Å². The maximum atomic E-state index is 13.4. The smallest absolute Gasteiger partial charge is 0.206 e. The van der Waals surface area contributed by atoms with E-state index in [0.29, 0.717) is 5.57 Å². The summed E-state index contributed by atoms with van der Waals surface area (Å²) in [5, 5.41) is 0. The van der Waals surface area contributed by atoms with Gasteiger partial charge < -0.3 is 0 Å². The van der Waals surface area contributed by atoms with Gasteiger partial charge >= 0.3 is 0 Å². The lowest BCUT2D eigenvalue weighted by atomic mass is 9.92. The number of hydrogen-bond acceptors (Lipinski definition) is 0. The Morgan fingerprint density at radius 3 is 2.27 bits per heavy atom. The second-order valence-electron chi connectivity index (χ2n) is 3.80. The van der Waals surface area contributed by atoms with Crippen LogP contribution in [0, 0.1) is 5.92 Å². The Hall–Kier alpha value is -0.920. The number of alkyl halides is 2. The van der Waals surface area contributed by atoms with E-state index in [0.717, 1.165) is 5.57 Å². The van der Waals surface area contributed by atoms with Crippen LogP contribution in [0.25, 0.3) is 0 Å². The number of allylic oxidation sites excluding steroid dienone is 5. The molecule has 0 bridgehead atoms. The largest absolute Gasteiger partial charge is 0.254 e. The maximum absolute atomic E-state index is 13.4. The van der Waals surface area contributed by atoms with Crippen LogP contribution in [0.1, 0.15) is 34.1 Å². The van der Waals surface area contributed by atoms with Crippen molar-refractivity contribution in [3.8, 4) is 0 Å². The monoisotopic (exact) mass is 214 g/mol. The second-order valence-corrected chi connectivity index (χ2v) is 3.80. The fraction of sp³-hybridized carbons (Fsp3) is 0.538. The summed E-state index contributed by atoms with van der Waals surface area (Å²) < 4.78 is 26.8. The molecule has 0 nitrogen and oxygen atoms in total. The van der Waals surface area contributed by atoms with E-state index in [-0.39, 0.29) is 6.42 Å². The Kier molecular flexibility index (Phi) is 5.48. The van der Waals surface area contributed by atoms with Crippen molar-refractivity contribution in [2.75, 3.05) is 0 Å². The summed E-state index contributed by atoms with van der Waals surface area (Å²) in [6, 6.07) is 0. The minimum absolute atomic E-state index is 0.133. The Labute approximate surface area is 91.4 Å². The lowest BCUT2D eigenvalue weighted by molar-refractivity contribution is -0.0403. The first-order chi connectivity index (χ1) is 6.85. The number of halogens is 2. The van der Waals surface area contributed by atoms with Crippen LogP contribution in [0.3, 0.4) is 0 Å². The summed E-state index contributed by atoms with van der Waals surface area (Å²) in [6.45, 7) is 10.4. The van der Waals surface area contributed by atoms with Crippen molar-refractivity contribution in [3.05, 3.63) is 36.0 Å². The molecular formula is C13H20F2. The summed E-state index contributed by atoms with van der Waals surface area (Å²) in [5.41, 5.74) is 1.52. The summed E-state index contributed by atoms with van der Waals surface area (Å²) in [5.74, 6) is -3.38. The zero-order chi connectivity index (χ0) is 12.1. The van der Waals surface area contributed by atoms with Crippen molar-refractivity contribution in [1.29, 1.82) is 0 Å². The molecule has 0 spiro atoms. The van der Waals surface area contributed by atoms with Crippen LogP contribution in [0.5, 0.6) is 0 Å². The molecule has 0 saturated carbocycles. The van der Waals surface area contributed by atoms with Crippen molar-refractivity contribution in [1.82, 2.24) is 0 Å². The molecule has 0 heterocycles. The minimum atomic E-state index is -2.64. The summed E-state index contributed by atoms with van der Waals surface area (Å²) in [4.78, 5) is 0. The minimum Gasteiger partial charge on any atom is -0.206 e. The summed E-state index contributed by atoms with van der Waals surface area (Å²) >= 11 is 0. The van der Waals surface area contributed by atoms with Crippen LogP contribution in [-0.2, 0) is 0 Å². The normalized spacial score (nSPS) is 15.7. The predicted octanol–water partition coefficient (Wildman–Crippen LogP) is 4.75. The molecule has 0 aliphatic rings. The molecule has 0 rings (SSSR count). The molecule has 0 radical (unpaired) electrons. The van der Waals surface area contributed by atoms with Gasteiger partial charge in [-0.25, -0.2) is 8.78 Å². The van der Waals surface area contributed by atoms with Crippen LogP contribution >= 0.6 is 0 Å². The Balaban J connectivity index is 4.78. The molecule has 86 valence electrons. The molecule has 1 unspecified atom stereocenters. The molecule has 0 amide bonds. The van der Waals surface area contributed by atoms with Gasteiger partial charge in [0.2, 0.25) is 0 Å². The van der Waals surface area contributed by atoms with Crippen molar-refractivity contribution in [2.45, 2.75) is 40.0 Å². The van der Waals surface area contributed by atoms with E-state index in [1.54, 1.807) is 32.1 Å². The van der Waals surface area contributed by atoms with Gasteiger partial charge in [0.15, 0.2) is 0 Å². The maximum Gasteiger partial charge on any atom is 0.254 e. The zero-order valence-electron chi connectivity index (χ0n) is 9.98.